The molecule has 0 aliphatic rings. The Morgan fingerprint density at radius 1 is 1.00 bits per heavy atom. The summed E-state index contributed by atoms with van der Waals surface area (Å²) in [5.41, 5.74) is 6.36. The van der Waals surface area contributed by atoms with E-state index in [0.29, 0.717) is 11.3 Å². The molecule has 0 aliphatic carbocycles. The summed E-state index contributed by atoms with van der Waals surface area (Å²) in [7, 11) is 0. The highest BCUT2D eigenvalue weighted by Crippen LogP contribution is 2.30. The zero-order chi connectivity index (χ0) is 15.5. The zero-order valence-corrected chi connectivity index (χ0v) is 10.5. The summed E-state index contributed by atoms with van der Waals surface area (Å²) < 4.78 is 45.2. The van der Waals surface area contributed by atoms with Gasteiger partial charge in [0.2, 0.25) is 0 Å². The minimum absolute atomic E-state index is 0.249. The smallest absolute Gasteiger partial charge is 0.455 e. The molecule has 0 aromatic heterocycles. The van der Waals surface area contributed by atoms with Crippen molar-refractivity contribution >= 4 is 5.69 Å². The van der Waals surface area contributed by atoms with Crippen molar-refractivity contribution in [2.75, 3.05) is 5.73 Å². The molecular weight excluding hydrogens is 285 g/mol. The van der Waals surface area contributed by atoms with Gasteiger partial charge < -0.3 is 15.2 Å². The van der Waals surface area contributed by atoms with Crippen LogP contribution in [-0.2, 0) is 0 Å². The lowest BCUT2D eigenvalue weighted by atomic mass is 10.2. The van der Waals surface area contributed by atoms with Crippen molar-refractivity contribution in [2.24, 2.45) is 0 Å². The van der Waals surface area contributed by atoms with Crippen LogP contribution in [0.5, 0.6) is 17.2 Å². The standard InChI is InChI=1S/C14H9F3N2O2/c15-14(16,17)21-11-4-2-10(3-5-11)20-13-7-9(8-18)1-6-12(13)19/h1-7H,19H2. The van der Waals surface area contributed by atoms with Crippen LogP contribution in [-0.4, -0.2) is 6.36 Å². The molecule has 0 fully saturated rings. The highest BCUT2D eigenvalue weighted by molar-refractivity contribution is 5.57. The Hall–Kier alpha value is -2.88. The third kappa shape index (κ3) is 4.04. The first-order valence-corrected chi connectivity index (χ1v) is 5.71. The Bertz CT molecular complexity index is 676. The van der Waals surface area contributed by atoms with Crippen LogP contribution < -0.4 is 15.2 Å². The number of ether oxygens (including phenoxy) is 2. The number of nitrogens with zero attached hydrogens (tertiary/aromatic N) is 1. The van der Waals surface area contributed by atoms with Crippen LogP contribution in [0.1, 0.15) is 5.56 Å². The maximum absolute atomic E-state index is 12.0. The van der Waals surface area contributed by atoms with Crippen LogP contribution in [0, 0.1) is 11.3 Å². The second-order valence-electron chi connectivity index (χ2n) is 3.99. The van der Waals surface area contributed by atoms with Gasteiger partial charge >= 0.3 is 6.36 Å². The third-order valence-electron chi connectivity index (χ3n) is 2.43. The van der Waals surface area contributed by atoms with Gasteiger partial charge in [0.25, 0.3) is 0 Å². The monoisotopic (exact) mass is 294 g/mol. The van der Waals surface area contributed by atoms with Crippen molar-refractivity contribution in [3.8, 4) is 23.3 Å². The van der Waals surface area contributed by atoms with Gasteiger partial charge in [0.05, 0.1) is 17.3 Å². The number of nitrogen functional groups attached to an aromatic ring is 1. The van der Waals surface area contributed by atoms with Crippen molar-refractivity contribution in [1.82, 2.24) is 0 Å². The number of hydrogen-bond donors (Lipinski definition) is 1. The molecule has 0 saturated heterocycles. The Balaban J connectivity index is 2.16. The van der Waals surface area contributed by atoms with E-state index in [9.17, 15) is 13.2 Å². The molecule has 0 spiro atoms. The van der Waals surface area contributed by atoms with Crippen LogP contribution >= 0.6 is 0 Å². The number of anilines is 1. The molecule has 0 unspecified atom stereocenters. The van der Waals surface area contributed by atoms with Gasteiger partial charge in [-0.3, -0.25) is 0 Å². The SMILES string of the molecule is N#Cc1ccc(N)c(Oc2ccc(OC(F)(F)F)cc2)c1. The number of rotatable bonds is 3. The highest BCUT2D eigenvalue weighted by Gasteiger charge is 2.30. The predicted octanol–water partition coefficient (Wildman–Crippen LogP) is 3.83. The molecule has 0 saturated carbocycles. The lowest BCUT2D eigenvalue weighted by Crippen LogP contribution is -2.16. The van der Waals surface area contributed by atoms with Gasteiger partial charge in [0.1, 0.15) is 11.5 Å². The van der Waals surface area contributed by atoms with E-state index < -0.39 is 6.36 Å². The summed E-state index contributed by atoms with van der Waals surface area (Å²) in [6.07, 6.45) is -4.74. The highest BCUT2D eigenvalue weighted by atomic mass is 19.4. The van der Waals surface area contributed by atoms with Gasteiger partial charge in [-0.25, -0.2) is 0 Å². The summed E-state index contributed by atoms with van der Waals surface area (Å²) in [5, 5.41) is 8.79. The summed E-state index contributed by atoms with van der Waals surface area (Å²) >= 11 is 0. The van der Waals surface area contributed by atoms with Gasteiger partial charge in [-0.1, -0.05) is 0 Å². The quantitative estimate of drug-likeness (QED) is 0.873. The third-order valence-corrected chi connectivity index (χ3v) is 2.43. The maximum atomic E-state index is 12.0. The summed E-state index contributed by atoms with van der Waals surface area (Å²) in [5.74, 6) is 0.165. The van der Waals surface area contributed by atoms with Crippen LogP contribution in [0.2, 0.25) is 0 Å². The Morgan fingerprint density at radius 2 is 1.62 bits per heavy atom. The summed E-state index contributed by atoms with van der Waals surface area (Å²) in [6.45, 7) is 0. The molecule has 0 heterocycles. The molecule has 108 valence electrons. The van der Waals surface area contributed by atoms with Crippen LogP contribution in [0.25, 0.3) is 0 Å². The van der Waals surface area contributed by atoms with Crippen molar-refractivity contribution in [1.29, 1.82) is 5.26 Å². The molecule has 2 aromatic carbocycles. The molecule has 2 aromatic rings. The molecule has 0 bridgehead atoms. The molecule has 4 nitrogen and oxygen atoms in total. The van der Waals surface area contributed by atoms with E-state index in [1.54, 1.807) is 0 Å². The van der Waals surface area contributed by atoms with Crippen molar-refractivity contribution in [3.05, 3.63) is 48.0 Å². The molecule has 0 amide bonds. The molecule has 0 atom stereocenters. The average Bonchev–Trinajstić information content (AvgIpc) is 2.42. The topological polar surface area (TPSA) is 68.3 Å². The van der Waals surface area contributed by atoms with Crippen molar-refractivity contribution in [2.45, 2.75) is 6.36 Å². The van der Waals surface area contributed by atoms with E-state index in [1.165, 1.54) is 30.3 Å². The molecule has 2 rings (SSSR count). The van der Waals surface area contributed by atoms with Gasteiger partial charge in [-0.2, -0.15) is 5.26 Å². The van der Waals surface area contributed by atoms with Gasteiger partial charge in [0.15, 0.2) is 5.75 Å². The molecule has 21 heavy (non-hydrogen) atoms. The second kappa shape index (κ2) is 5.63. The fraction of sp³-hybridized carbons (Fsp3) is 0.0714. The van der Waals surface area contributed by atoms with Gasteiger partial charge in [0, 0.05) is 6.07 Å². The van der Waals surface area contributed by atoms with E-state index in [2.05, 4.69) is 4.74 Å². The minimum Gasteiger partial charge on any atom is -0.455 e. The Morgan fingerprint density at radius 3 is 2.19 bits per heavy atom. The van der Waals surface area contributed by atoms with Crippen LogP contribution in [0.4, 0.5) is 18.9 Å². The molecule has 2 N–H and O–H groups in total. The zero-order valence-electron chi connectivity index (χ0n) is 10.5. The maximum Gasteiger partial charge on any atom is 0.573 e. The number of nitrogens with two attached hydrogens (primary N) is 1. The normalized spacial score (nSPS) is 10.8. The van der Waals surface area contributed by atoms with Crippen molar-refractivity contribution in [3.63, 3.8) is 0 Å². The predicted molar refractivity (Wildman–Crippen MR) is 68.8 cm³/mol. The fourth-order valence-corrected chi connectivity index (χ4v) is 1.53. The number of hydrogen-bond acceptors (Lipinski definition) is 4. The molecule has 0 radical (unpaired) electrons. The first-order valence-electron chi connectivity index (χ1n) is 5.71. The number of nitriles is 1. The first-order chi connectivity index (χ1) is 9.87. The van der Waals surface area contributed by atoms with Gasteiger partial charge in [-0.05, 0) is 36.4 Å². The van der Waals surface area contributed by atoms with Crippen molar-refractivity contribution < 1.29 is 22.6 Å². The van der Waals surface area contributed by atoms with E-state index in [0.717, 1.165) is 12.1 Å². The van der Waals surface area contributed by atoms with E-state index in [1.807, 2.05) is 6.07 Å². The molecule has 7 heteroatoms. The average molecular weight is 294 g/mol. The van der Waals surface area contributed by atoms with Crippen LogP contribution in [0.3, 0.4) is 0 Å². The van der Waals surface area contributed by atoms with E-state index in [-0.39, 0.29) is 17.2 Å². The van der Waals surface area contributed by atoms with E-state index in [4.69, 9.17) is 15.7 Å². The molecular formula is C14H9F3N2O2. The number of benzene rings is 2. The Kier molecular flexibility index (Phi) is 3.89. The van der Waals surface area contributed by atoms with Gasteiger partial charge in [-0.15, -0.1) is 13.2 Å². The second-order valence-corrected chi connectivity index (χ2v) is 3.99. The lowest BCUT2D eigenvalue weighted by molar-refractivity contribution is -0.274. The number of halogens is 3. The van der Waals surface area contributed by atoms with E-state index >= 15 is 0 Å². The Labute approximate surface area is 118 Å². The largest absolute Gasteiger partial charge is 0.573 e. The summed E-state index contributed by atoms with van der Waals surface area (Å²) in [6, 6.07) is 11.3. The lowest BCUT2D eigenvalue weighted by Gasteiger charge is -2.11. The minimum atomic E-state index is -4.74. The molecule has 0 aliphatic heterocycles. The first kappa shape index (κ1) is 14.5. The fourth-order valence-electron chi connectivity index (χ4n) is 1.53. The number of alkyl halides is 3. The van der Waals surface area contributed by atoms with Crippen LogP contribution in [0.15, 0.2) is 42.5 Å². The summed E-state index contributed by atoms with van der Waals surface area (Å²) in [4.78, 5) is 0.